The molecule has 25 heavy (non-hydrogen) atoms. The summed E-state index contributed by atoms with van der Waals surface area (Å²) in [6.45, 7) is 5.77. The third-order valence-corrected chi connectivity index (χ3v) is 4.69. The van der Waals surface area contributed by atoms with E-state index in [1.807, 2.05) is 6.08 Å². The van der Waals surface area contributed by atoms with Crippen LogP contribution in [0.4, 0.5) is 0 Å². The van der Waals surface area contributed by atoms with Crippen molar-refractivity contribution in [2.75, 3.05) is 19.7 Å². The molecule has 7 heteroatoms. The van der Waals surface area contributed by atoms with Gasteiger partial charge in [0.2, 0.25) is 0 Å². The molecule has 3 atom stereocenters. The molecule has 0 fully saturated rings. The quantitative estimate of drug-likeness (QED) is 0.169. The molecule has 6 nitrogen and oxygen atoms in total. The number of allylic oxidation sites excluding steroid dienone is 1. The Kier molecular flexibility index (Phi) is 15.2. The van der Waals surface area contributed by atoms with Crippen LogP contribution in [0.2, 0.25) is 0 Å². The number of carboxylic acids is 2. The van der Waals surface area contributed by atoms with Crippen LogP contribution in [-0.2, 0) is 9.59 Å². The maximum Gasteiger partial charge on any atom is 1.00 e. The van der Waals surface area contributed by atoms with Crippen molar-refractivity contribution in [3.8, 4) is 0 Å². The second-order valence-electron chi connectivity index (χ2n) is 6.18. The molecule has 0 radical (unpaired) electrons. The summed E-state index contributed by atoms with van der Waals surface area (Å²) < 4.78 is -0.167. The number of unbranched alkanes of at least 4 members (excludes halogenated alkanes) is 2. The number of carboxylic acid groups (broad SMARTS) is 2. The molecule has 0 saturated heterocycles. The minimum atomic E-state index is -1.25. The zero-order chi connectivity index (χ0) is 18.6. The van der Waals surface area contributed by atoms with Gasteiger partial charge < -0.3 is 24.6 Å². The minimum absolute atomic E-state index is 0. The minimum Gasteiger partial charge on any atom is -0.544 e. The Labute approximate surface area is 163 Å². The Morgan fingerprint density at radius 3 is 2.00 bits per heavy atom. The van der Waals surface area contributed by atoms with Gasteiger partial charge in [0.1, 0.15) is 12.6 Å². The van der Waals surface area contributed by atoms with Crippen molar-refractivity contribution >= 4 is 11.9 Å². The van der Waals surface area contributed by atoms with Crippen LogP contribution in [0.25, 0.3) is 0 Å². The smallest absolute Gasteiger partial charge is 0.544 e. The molecule has 0 aliphatic carbocycles. The number of carbonyl (C=O) groups excluding carboxylic acids is 1. The van der Waals surface area contributed by atoms with E-state index in [-0.39, 0.29) is 42.9 Å². The first-order valence-corrected chi connectivity index (χ1v) is 8.97. The first kappa shape index (κ1) is 26.4. The Hall–Kier alpha value is -0.803. The van der Waals surface area contributed by atoms with Gasteiger partial charge in [0.25, 0.3) is 0 Å². The van der Waals surface area contributed by atoms with Gasteiger partial charge in [-0.2, -0.15) is 0 Å². The topological polar surface area (TPSA) is 97.7 Å². The summed E-state index contributed by atoms with van der Waals surface area (Å²) in [7, 11) is 0. The molecule has 0 aliphatic heterocycles. The van der Waals surface area contributed by atoms with Gasteiger partial charge in [-0.3, -0.25) is 0 Å². The Morgan fingerprint density at radius 2 is 1.60 bits per heavy atom. The molecule has 0 aromatic heterocycles. The molecule has 0 amide bonds. The number of aliphatic carboxylic acids is 2. The van der Waals surface area contributed by atoms with E-state index >= 15 is 0 Å². The fourth-order valence-electron chi connectivity index (χ4n) is 3.51. The monoisotopic (exact) mass is 350 g/mol. The molecular formula is C18H33LiNO5+. The van der Waals surface area contributed by atoms with Crippen molar-refractivity contribution in [1.29, 1.82) is 0 Å². The van der Waals surface area contributed by atoms with E-state index in [9.17, 15) is 24.9 Å². The predicted molar refractivity (Wildman–Crippen MR) is 91.2 cm³/mol. The van der Waals surface area contributed by atoms with Crippen molar-refractivity contribution in [3.63, 3.8) is 0 Å². The molecule has 2 N–H and O–H groups in total. The molecule has 0 rings (SSSR count). The Bertz CT molecular complexity index is 392. The number of aliphatic hydroxyl groups excluding tert-OH is 1. The SMILES string of the molecule is CCCC/C=C/CC[N+](CCO)(C(CC)C(=O)[O-])C(CC)C(=O)O.[Li+]. The van der Waals surface area contributed by atoms with Crippen LogP contribution in [0.3, 0.4) is 0 Å². The average molecular weight is 350 g/mol. The molecule has 0 spiro atoms. The standard InChI is InChI=1S/C18H33NO5.Li/c1-4-7-8-9-10-11-12-19(13-14-20,15(5-2)17(21)22)16(6-3)18(23)24;/h9-10,15-16,20H,4-8,11-14H2,1-3H3,(H-,21,22,23,24);/q;+1/b10-9+;. The molecule has 140 valence electrons. The summed E-state index contributed by atoms with van der Waals surface area (Å²) in [6.07, 6.45) is 8.35. The van der Waals surface area contributed by atoms with Crippen LogP contribution in [0, 0.1) is 0 Å². The van der Waals surface area contributed by atoms with E-state index in [0.717, 1.165) is 19.3 Å². The van der Waals surface area contributed by atoms with E-state index in [0.29, 0.717) is 19.4 Å². The fourth-order valence-corrected chi connectivity index (χ4v) is 3.51. The van der Waals surface area contributed by atoms with E-state index < -0.39 is 24.0 Å². The maximum atomic E-state index is 11.7. The predicted octanol–water partition coefficient (Wildman–Crippen LogP) is -1.67. The number of hydrogen-bond donors (Lipinski definition) is 2. The Morgan fingerprint density at radius 1 is 1.04 bits per heavy atom. The molecule has 0 heterocycles. The number of carbonyl (C=O) groups is 2. The van der Waals surface area contributed by atoms with Crippen molar-refractivity contribution in [2.24, 2.45) is 0 Å². The van der Waals surface area contributed by atoms with Crippen LogP contribution in [0.15, 0.2) is 12.2 Å². The molecule has 3 unspecified atom stereocenters. The van der Waals surface area contributed by atoms with Crippen molar-refractivity contribution < 1.29 is 48.3 Å². The number of hydrogen-bond acceptors (Lipinski definition) is 4. The summed E-state index contributed by atoms with van der Waals surface area (Å²) in [5.74, 6) is -2.28. The summed E-state index contributed by atoms with van der Waals surface area (Å²) >= 11 is 0. The van der Waals surface area contributed by atoms with Crippen LogP contribution >= 0.6 is 0 Å². The first-order chi connectivity index (χ1) is 11.4. The van der Waals surface area contributed by atoms with E-state index in [1.54, 1.807) is 13.8 Å². The van der Waals surface area contributed by atoms with Crippen molar-refractivity contribution in [3.05, 3.63) is 12.2 Å². The molecule has 0 aliphatic rings. The van der Waals surface area contributed by atoms with Crippen molar-refractivity contribution in [1.82, 2.24) is 0 Å². The molecule has 0 saturated carbocycles. The van der Waals surface area contributed by atoms with Crippen LogP contribution in [0.1, 0.15) is 59.3 Å². The van der Waals surface area contributed by atoms with Gasteiger partial charge in [0.05, 0.1) is 19.1 Å². The first-order valence-electron chi connectivity index (χ1n) is 8.97. The number of rotatable bonds is 14. The van der Waals surface area contributed by atoms with Crippen LogP contribution in [-0.4, -0.2) is 58.4 Å². The fraction of sp³-hybridized carbons (Fsp3) is 0.778. The zero-order valence-corrected chi connectivity index (χ0v) is 16.2. The molecular weight excluding hydrogens is 317 g/mol. The van der Waals surface area contributed by atoms with Crippen LogP contribution < -0.4 is 24.0 Å². The number of aliphatic hydroxyl groups is 1. The summed E-state index contributed by atoms with van der Waals surface area (Å²) in [5, 5.41) is 30.7. The maximum absolute atomic E-state index is 11.7. The van der Waals surface area contributed by atoms with Gasteiger partial charge in [-0.15, -0.1) is 0 Å². The van der Waals surface area contributed by atoms with Gasteiger partial charge in [0.15, 0.2) is 6.04 Å². The second kappa shape index (κ2) is 14.4. The molecule has 0 aromatic rings. The third kappa shape index (κ3) is 7.96. The summed E-state index contributed by atoms with van der Waals surface area (Å²) in [4.78, 5) is 23.4. The molecule has 0 bridgehead atoms. The Balaban J connectivity index is 0. The van der Waals surface area contributed by atoms with E-state index in [4.69, 9.17) is 0 Å². The molecule has 0 aromatic carbocycles. The van der Waals surface area contributed by atoms with E-state index in [1.165, 1.54) is 0 Å². The van der Waals surface area contributed by atoms with Gasteiger partial charge in [-0.25, -0.2) is 4.79 Å². The normalized spacial score (nSPS) is 16.0. The number of quaternary nitrogens is 1. The van der Waals surface area contributed by atoms with Gasteiger partial charge in [-0.05, 0) is 6.42 Å². The van der Waals surface area contributed by atoms with Crippen LogP contribution in [0.5, 0.6) is 0 Å². The van der Waals surface area contributed by atoms with Gasteiger partial charge >= 0.3 is 24.8 Å². The number of nitrogens with zero attached hydrogens (tertiary/aromatic N) is 1. The van der Waals surface area contributed by atoms with Gasteiger partial charge in [0, 0.05) is 19.3 Å². The van der Waals surface area contributed by atoms with Crippen molar-refractivity contribution in [2.45, 2.75) is 71.4 Å². The summed E-state index contributed by atoms with van der Waals surface area (Å²) in [5.41, 5.74) is 0. The zero-order valence-electron chi connectivity index (χ0n) is 16.2. The second-order valence-corrected chi connectivity index (χ2v) is 6.18. The average Bonchev–Trinajstić information content (AvgIpc) is 2.51. The third-order valence-electron chi connectivity index (χ3n) is 4.69. The van der Waals surface area contributed by atoms with E-state index in [2.05, 4.69) is 13.0 Å². The largest absolute Gasteiger partial charge is 1.00 e. The van der Waals surface area contributed by atoms with Gasteiger partial charge in [-0.1, -0.05) is 45.8 Å². The summed E-state index contributed by atoms with van der Waals surface area (Å²) in [6, 6.07) is -1.81.